The molecule has 0 aliphatic carbocycles. The minimum Gasteiger partial charge on any atom is -0.496 e. The predicted octanol–water partition coefficient (Wildman–Crippen LogP) is 4.03. The van der Waals surface area contributed by atoms with Crippen LogP contribution in [0.3, 0.4) is 0 Å². The molecule has 3 N–H and O–H groups in total. The van der Waals surface area contributed by atoms with Gasteiger partial charge in [0.1, 0.15) is 23.8 Å². The largest absolute Gasteiger partial charge is 0.496 e. The van der Waals surface area contributed by atoms with Crippen LogP contribution >= 0.6 is 0 Å². The minimum atomic E-state index is -4.80. The smallest absolute Gasteiger partial charge is 0.417 e. The van der Waals surface area contributed by atoms with Gasteiger partial charge in [-0.3, -0.25) is 9.78 Å². The quantitative estimate of drug-likeness (QED) is 0.518. The maximum absolute atomic E-state index is 14.2. The number of aliphatic hydroxyl groups is 2. The topological polar surface area (TPSA) is 101 Å². The first-order valence-electron chi connectivity index (χ1n) is 10.9. The lowest BCUT2D eigenvalue weighted by Crippen LogP contribution is -2.47. The Bertz CT molecular complexity index is 1090. The summed E-state index contributed by atoms with van der Waals surface area (Å²) in [5, 5.41) is 22.1. The van der Waals surface area contributed by atoms with Crippen LogP contribution in [0.1, 0.15) is 49.6 Å². The van der Waals surface area contributed by atoms with E-state index < -0.39 is 53.6 Å². The van der Waals surface area contributed by atoms with Crippen molar-refractivity contribution >= 4 is 11.6 Å². The van der Waals surface area contributed by atoms with Crippen molar-refractivity contribution < 1.29 is 42.0 Å². The molecule has 1 amide bonds. The zero-order valence-electron chi connectivity index (χ0n) is 19.9. The molecule has 35 heavy (non-hydrogen) atoms. The number of amides is 1. The number of carbonyl (C=O) groups is 1. The van der Waals surface area contributed by atoms with E-state index in [1.54, 1.807) is 0 Å². The monoisotopic (exact) mass is 500 g/mol. The predicted molar refractivity (Wildman–Crippen MR) is 118 cm³/mol. The fraction of sp³-hybridized carbons (Fsp3) is 0.500. The second-order valence-electron chi connectivity index (χ2n) is 8.90. The Morgan fingerprint density at radius 1 is 1.29 bits per heavy atom. The first-order valence-corrected chi connectivity index (χ1v) is 10.9. The van der Waals surface area contributed by atoms with E-state index in [4.69, 9.17) is 9.47 Å². The van der Waals surface area contributed by atoms with Gasteiger partial charge in [-0.15, -0.1) is 0 Å². The van der Waals surface area contributed by atoms with Gasteiger partial charge in [-0.25, -0.2) is 4.39 Å². The first-order chi connectivity index (χ1) is 16.2. The van der Waals surface area contributed by atoms with Gasteiger partial charge in [0.25, 0.3) is 5.91 Å². The minimum absolute atomic E-state index is 0.0425. The lowest BCUT2D eigenvalue weighted by atomic mass is 9.76. The zero-order valence-corrected chi connectivity index (χ0v) is 19.9. The number of aliphatic hydroxyl groups excluding tert-OH is 2. The highest BCUT2D eigenvalue weighted by molar-refractivity contribution is 5.95. The first kappa shape index (κ1) is 26.8. The van der Waals surface area contributed by atoms with Crippen LogP contribution in [-0.4, -0.2) is 52.2 Å². The molecule has 0 unspecified atom stereocenters. The number of carbonyl (C=O) groups excluding carboxylic acids is 1. The molecule has 1 saturated heterocycles. The van der Waals surface area contributed by atoms with Gasteiger partial charge in [0.05, 0.1) is 18.9 Å². The van der Waals surface area contributed by atoms with Crippen molar-refractivity contribution in [1.82, 2.24) is 4.98 Å². The van der Waals surface area contributed by atoms with Gasteiger partial charge in [-0.2, -0.15) is 13.2 Å². The van der Waals surface area contributed by atoms with Crippen LogP contribution in [0.2, 0.25) is 0 Å². The molecule has 0 radical (unpaired) electrons. The van der Waals surface area contributed by atoms with E-state index >= 15 is 0 Å². The summed E-state index contributed by atoms with van der Waals surface area (Å²) in [4.78, 5) is 17.2. The number of nitrogens with one attached hydrogen (secondary N) is 1. The lowest BCUT2D eigenvalue weighted by molar-refractivity contribution is -0.272. The van der Waals surface area contributed by atoms with Crippen molar-refractivity contribution in [2.24, 2.45) is 5.92 Å². The number of ether oxygens (including phenoxy) is 2. The molecule has 1 aliphatic rings. The summed E-state index contributed by atoms with van der Waals surface area (Å²) in [5.74, 6) is -3.79. The molecule has 3 rings (SSSR count). The van der Waals surface area contributed by atoms with Crippen LogP contribution in [0.4, 0.5) is 23.2 Å². The molecule has 1 aromatic carbocycles. The Labute approximate surface area is 200 Å². The molecule has 1 fully saturated rings. The van der Waals surface area contributed by atoms with Crippen molar-refractivity contribution in [3.8, 4) is 5.75 Å². The van der Waals surface area contributed by atoms with Gasteiger partial charge in [-0.05, 0) is 39.0 Å². The van der Waals surface area contributed by atoms with Crippen molar-refractivity contribution in [2.45, 2.75) is 63.7 Å². The molecule has 0 bridgehead atoms. The highest BCUT2D eigenvalue weighted by Crippen LogP contribution is 2.55. The molecule has 6 atom stereocenters. The molecule has 11 heteroatoms. The Kier molecular flexibility index (Phi) is 7.45. The van der Waals surface area contributed by atoms with Crippen molar-refractivity contribution in [3.63, 3.8) is 0 Å². The molecule has 7 nitrogen and oxygen atoms in total. The van der Waals surface area contributed by atoms with Gasteiger partial charge in [-0.1, -0.05) is 13.0 Å². The summed E-state index contributed by atoms with van der Waals surface area (Å²) in [7, 11) is 1.27. The molecule has 0 spiro atoms. The number of methoxy groups -OCH3 is 1. The Morgan fingerprint density at radius 2 is 1.94 bits per heavy atom. The van der Waals surface area contributed by atoms with Gasteiger partial charge in [0.2, 0.25) is 0 Å². The number of hydrogen-bond donors (Lipinski definition) is 3. The molecular weight excluding hydrogens is 472 g/mol. The average molecular weight is 500 g/mol. The van der Waals surface area contributed by atoms with Gasteiger partial charge >= 0.3 is 6.18 Å². The molecule has 2 heterocycles. The van der Waals surface area contributed by atoms with Gasteiger partial charge < -0.3 is 25.0 Å². The Morgan fingerprint density at radius 3 is 2.51 bits per heavy atom. The third kappa shape index (κ3) is 4.85. The Hall–Kier alpha value is -2.76. The normalized spacial score (nSPS) is 26.3. The average Bonchev–Trinajstić information content (AvgIpc) is 3.07. The highest BCUT2D eigenvalue weighted by Gasteiger charge is 2.65. The lowest BCUT2D eigenvalue weighted by Gasteiger charge is -2.32. The fourth-order valence-electron chi connectivity index (χ4n) is 4.39. The number of benzene rings is 1. The van der Waals surface area contributed by atoms with Crippen LogP contribution in [0.5, 0.6) is 5.75 Å². The zero-order chi connectivity index (χ0) is 26.3. The van der Waals surface area contributed by atoms with E-state index in [2.05, 4.69) is 10.3 Å². The maximum Gasteiger partial charge on any atom is 0.417 e. The van der Waals surface area contributed by atoms with Gasteiger partial charge in [0, 0.05) is 34.8 Å². The molecule has 1 aliphatic heterocycles. The summed E-state index contributed by atoms with van der Waals surface area (Å²) < 4.78 is 67.1. The van der Waals surface area contributed by atoms with E-state index in [9.17, 15) is 32.6 Å². The number of pyridine rings is 1. The number of nitrogens with zero attached hydrogens (tertiary/aromatic N) is 1. The number of aromatic nitrogens is 1. The second kappa shape index (κ2) is 9.71. The van der Waals surface area contributed by atoms with Crippen LogP contribution in [-0.2, 0) is 9.53 Å². The van der Waals surface area contributed by atoms with Crippen molar-refractivity contribution in [1.29, 1.82) is 0 Å². The molecule has 1 aromatic heterocycles. The fourth-order valence-corrected chi connectivity index (χ4v) is 4.39. The SMILES string of the molecule is COc1c([C@H]2[C@H](C(=O)Nc3ccnc([C@H](O)[C@@H](C)O)c3)O[C@@](C)(C(F)(F)F)[C@H]2C)ccc(F)c1C. The van der Waals surface area contributed by atoms with Crippen molar-refractivity contribution in [3.05, 3.63) is 53.1 Å². The molecule has 192 valence electrons. The van der Waals surface area contributed by atoms with E-state index in [1.165, 1.54) is 52.3 Å². The standard InChI is InChI=1S/C24H28F4N2O5/c1-11-16(25)7-6-15(20(11)34-5)18-12(2)23(4,24(26,27)28)35-21(18)22(33)30-14-8-9-29-17(10-14)19(32)13(3)31/h6-10,12-13,18-19,21,31-32H,1-5H3,(H,29,30,33)/t12-,13+,18-,19+,21+,23+/m0/s1. The second-order valence-corrected chi connectivity index (χ2v) is 8.90. The molecule has 0 saturated carbocycles. The number of hydrogen-bond acceptors (Lipinski definition) is 6. The van der Waals surface area contributed by atoms with Crippen LogP contribution < -0.4 is 10.1 Å². The summed E-state index contributed by atoms with van der Waals surface area (Å²) in [5.41, 5.74) is -2.16. The molecular formula is C24H28F4N2O5. The van der Waals surface area contributed by atoms with Crippen LogP contribution in [0, 0.1) is 18.7 Å². The summed E-state index contributed by atoms with van der Waals surface area (Å²) >= 11 is 0. The molecule has 2 aromatic rings. The number of rotatable bonds is 6. The number of halogens is 4. The summed E-state index contributed by atoms with van der Waals surface area (Å²) in [6.07, 6.45) is -7.60. The third-order valence-electron chi connectivity index (χ3n) is 6.67. The summed E-state index contributed by atoms with van der Waals surface area (Å²) in [6, 6.07) is 5.10. The number of anilines is 1. The van der Waals surface area contributed by atoms with Crippen LogP contribution in [0.25, 0.3) is 0 Å². The van der Waals surface area contributed by atoms with Gasteiger partial charge in [0.15, 0.2) is 5.60 Å². The Balaban J connectivity index is 2.04. The number of alkyl halides is 3. The third-order valence-corrected chi connectivity index (χ3v) is 6.67. The van der Waals surface area contributed by atoms with Crippen molar-refractivity contribution in [2.75, 3.05) is 12.4 Å². The summed E-state index contributed by atoms with van der Waals surface area (Å²) in [6.45, 7) is 4.99. The maximum atomic E-state index is 14.2. The van der Waals surface area contributed by atoms with E-state index in [0.29, 0.717) is 0 Å². The van der Waals surface area contributed by atoms with E-state index in [-0.39, 0.29) is 28.3 Å². The van der Waals surface area contributed by atoms with E-state index in [0.717, 1.165) is 13.0 Å². The van der Waals surface area contributed by atoms with Crippen LogP contribution in [0.15, 0.2) is 30.5 Å². The highest BCUT2D eigenvalue weighted by atomic mass is 19.4. The van der Waals surface area contributed by atoms with E-state index in [1.807, 2.05) is 0 Å².